The Bertz CT molecular complexity index is 743. The van der Waals surface area contributed by atoms with Gasteiger partial charge in [-0.15, -0.1) is 24.0 Å². The molecular formula is C18H25FIN5. The molecular weight excluding hydrogens is 432 g/mol. The number of benzene rings is 1. The predicted molar refractivity (Wildman–Crippen MR) is 109 cm³/mol. The van der Waals surface area contributed by atoms with E-state index in [1.165, 1.54) is 6.42 Å². The van der Waals surface area contributed by atoms with E-state index < -0.39 is 0 Å². The normalized spacial score (nSPS) is 19.3. The smallest absolute Gasteiger partial charge is 0.191 e. The second-order valence-electron chi connectivity index (χ2n) is 6.29. The maximum atomic E-state index is 14.4. The molecule has 1 aliphatic rings. The third kappa shape index (κ3) is 4.93. The van der Waals surface area contributed by atoms with Gasteiger partial charge in [0.2, 0.25) is 0 Å². The molecule has 1 aliphatic carbocycles. The number of guanidine groups is 1. The lowest BCUT2D eigenvalue weighted by Gasteiger charge is -2.11. The Morgan fingerprint density at radius 3 is 2.76 bits per heavy atom. The summed E-state index contributed by atoms with van der Waals surface area (Å²) in [5.74, 6) is 1.99. The van der Waals surface area contributed by atoms with Crippen molar-refractivity contribution in [2.45, 2.75) is 39.8 Å². The Kier molecular flexibility index (Phi) is 6.80. The van der Waals surface area contributed by atoms with Gasteiger partial charge in [-0.2, -0.15) is 0 Å². The first-order chi connectivity index (χ1) is 11.6. The fourth-order valence-electron chi connectivity index (χ4n) is 2.67. The van der Waals surface area contributed by atoms with E-state index in [9.17, 15) is 4.39 Å². The quantitative estimate of drug-likeness (QED) is 0.411. The summed E-state index contributed by atoms with van der Waals surface area (Å²) in [5, 5.41) is 6.63. The average molecular weight is 457 g/mol. The number of aliphatic imine (C=N–C) groups is 1. The van der Waals surface area contributed by atoms with E-state index in [2.05, 4.69) is 27.5 Å². The van der Waals surface area contributed by atoms with Crippen molar-refractivity contribution in [1.82, 2.24) is 20.2 Å². The molecule has 2 aromatic rings. The van der Waals surface area contributed by atoms with Crippen LogP contribution in [0.15, 0.2) is 35.6 Å². The van der Waals surface area contributed by atoms with Crippen LogP contribution in [-0.4, -0.2) is 28.1 Å². The Hall–Kier alpha value is -1.64. The molecule has 0 saturated heterocycles. The van der Waals surface area contributed by atoms with Crippen LogP contribution in [0, 0.1) is 18.7 Å². The number of rotatable bonds is 5. The second-order valence-corrected chi connectivity index (χ2v) is 6.29. The van der Waals surface area contributed by atoms with Gasteiger partial charge in [0.25, 0.3) is 0 Å². The van der Waals surface area contributed by atoms with E-state index in [1.54, 1.807) is 29.1 Å². The van der Waals surface area contributed by atoms with Crippen LogP contribution in [0.3, 0.4) is 0 Å². The molecule has 1 aromatic heterocycles. The summed E-state index contributed by atoms with van der Waals surface area (Å²) in [6.07, 6.45) is 4.60. The van der Waals surface area contributed by atoms with Crippen molar-refractivity contribution in [3.05, 3.63) is 47.8 Å². The fourth-order valence-corrected chi connectivity index (χ4v) is 2.67. The topological polar surface area (TPSA) is 54.2 Å². The second kappa shape index (κ2) is 8.64. The van der Waals surface area contributed by atoms with Crippen LogP contribution in [0.25, 0.3) is 5.69 Å². The molecule has 3 rings (SSSR count). The Balaban J connectivity index is 0.00000225. The monoisotopic (exact) mass is 457 g/mol. The zero-order valence-electron chi connectivity index (χ0n) is 14.8. The first-order valence-electron chi connectivity index (χ1n) is 8.42. The van der Waals surface area contributed by atoms with E-state index in [4.69, 9.17) is 0 Å². The Morgan fingerprint density at radius 2 is 2.20 bits per heavy atom. The standard InChI is InChI=1S/C18H24FN5.HI/c1-4-20-18(23-16-9-12(16)2)22-11-14-5-6-17(15(19)10-14)24-8-7-21-13(24)3;/h5-8,10,12,16H,4,9,11H2,1-3H3,(H2,20,22,23);1H. The van der Waals surface area contributed by atoms with Crippen molar-refractivity contribution >= 4 is 29.9 Å². The third-order valence-corrected chi connectivity index (χ3v) is 4.29. The van der Waals surface area contributed by atoms with Crippen LogP contribution in [0.4, 0.5) is 4.39 Å². The molecule has 1 fully saturated rings. The van der Waals surface area contributed by atoms with Crippen molar-refractivity contribution < 1.29 is 4.39 Å². The maximum absolute atomic E-state index is 14.4. The number of aromatic nitrogens is 2. The Morgan fingerprint density at radius 1 is 1.44 bits per heavy atom. The van der Waals surface area contributed by atoms with Crippen molar-refractivity contribution in [2.24, 2.45) is 10.9 Å². The summed E-state index contributed by atoms with van der Waals surface area (Å²) in [4.78, 5) is 8.69. The van der Waals surface area contributed by atoms with Gasteiger partial charge in [-0.05, 0) is 43.9 Å². The predicted octanol–water partition coefficient (Wildman–Crippen LogP) is 3.40. The van der Waals surface area contributed by atoms with E-state index >= 15 is 0 Å². The number of halogens is 2. The summed E-state index contributed by atoms with van der Waals surface area (Å²) in [5.41, 5.74) is 1.35. The minimum absolute atomic E-state index is 0. The third-order valence-electron chi connectivity index (χ3n) is 4.29. The zero-order valence-corrected chi connectivity index (χ0v) is 17.1. The van der Waals surface area contributed by atoms with Gasteiger partial charge in [-0.25, -0.2) is 14.4 Å². The average Bonchev–Trinajstić information content (AvgIpc) is 3.07. The molecule has 0 radical (unpaired) electrons. The van der Waals surface area contributed by atoms with Gasteiger partial charge in [0.1, 0.15) is 11.6 Å². The fraction of sp³-hybridized carbons (Fsp3) is 0.444. The minimum Gasteiger partial charge on any atom is -0.357 e. The van der Waals surface area contributed by atoms with Crippen LogP contribution in [0.1, 0.15) is 31.7 Å². The molecule has 136 valence electrons. The largest absolute Gasteiger partial charge is 0.357 e. The van der Waals surface area contributed by atoms with Crippen molar-refractivity contribution in [3.8, 4) is 5.69 Å². The van der Waals surface area contributed by atoms with Gasteiger partial charge in [0.15, 0.2) is 5.96 Å². The number of nitrogens with zero attached hydrogens (tertiary/aromatic N) is 3. The van der Waals surface area contributed by atoms with Crippen LogP contribution in [0.2, 0.25) is 0 Å². The van der Waals surface area contributed by atoms with Crippen LogP contribution in [0.5, 0.6) is 0 Å². The van der Waals surface area contributed by atoms with Crippen LogP contribution < -0.4 is 10.6 Å². The number of nitrogens with one attached hydrogen (secondary N) is 2. The first kappa shape index (κ1) is 19.7. The van der Waals surface area contributed by atoms with Gasteiger partial charge in [-0.3, -0.25) is 0 Å². The highest BCUT2D eigenvalue weighted by molar-refractivity contribution is 14.0. The van der Waals surface area contributed by atoms with Crippen molar-refractivity contribution in [3.63, 3.8) is 0 Å². The molecule has 2 atom stereocenters. The van der Waals surface area contributed by atoms with Gasteiger partial charge < -0.3 is 15.2 Å². The molecule has 0 spiro atoms. The molecule has 1 heterocycles. The Labute approximate surface area is 165 Å². The molecule has 2 unspecified atom stereocenters. The lowest BCUT2D eigenvalue weighted by atomic mass is 10.2. The number of hydrogen-bond donors (Lipinski definition) is 2. The molecule has 0 amide bonds. The molecule has 7 heteroatoms. The summed E-state index contributed by atoms with van der Waals surface area (Å²) < 4.78 is 16.1. The van der Waals surface area contributed by atoms with Crippen molar-refractivity contribution in [2.75, 3.05) is 6.54 Å². The summed E-state index contributed by atoms with van der Waals surface area (Å²) >= 11 is 0. The lowest BCUT2D eigenvalue weighted by molar-refractivity contribution is 0.614. The SMILES string of the molecule is CCNC(=NCc1ccc(-n2ccnc2C)c(F)c1)NC1CC1C.I. The molecule has 0 aliphatic heterocycles. The molecule has 1 saturated carbocycles. The first-order valence-corrected chi connectivity index (χ1v) is 8.42. The number of aryl methyl sites for hydroxylation is 1. The highest BCUT2D eigenvalue weighted by Gasteiger charge is 2.33. The highest BCUT2D eigenvalue weighted by Crippen LogP contribution is 2.28. The number of hydrogen-bond acceptors (Lipinski definition) is 2. The van der Waals surface area contributed by atoms with Crippen molar-refractivity contribution in [1.29, 1.82) is 0 Å². The maximum Gasteiger partial charge on any atom is 0.191 e. The number of imidazole rings is 1. The van der Waals surface area contributed by atoms with Gasteiger partial charge in [-0.1, -0.05) is 13.0 Å². The lowest BCUT2D eigenvalue weighted by Crippen LogP contribution is -2.39. The molecule has 0 bridgehead atoms. The minimum atomic E-state index is -0.266. The van der Waals surface area contributed by atoms with Gasteiger partial charge in [0, 0.05) is 25.0 Å². The molecule has 25 heavy (non-hydrogen) atoms. The summed E-state index contributed by atoms with van der Waals surface area (Å²) in [7, 11) is 0. The van der Waals surface area contributed by atoms with Gasteiger partial charge >= 0.3 is 0 Å². The van der Waals surface area contributed by atoms with Crippen LogP contribution >= 0.6 is 24.0 Å². The molecule has 1 aromatic carbocycles. The van der Waals surface area contributed by atoms with E-state index in [0.717, 1.165) is 23.9 Å². The van der Waals surface area contributed by atoms with E-state index in [1.807, 2.05) is 19.9 Å². The summed E-state index contributed by atoms with van der Waals surface area (Å²) in [6.45, 7) is 7.35. The van der Waals surface area contributed by atoms with E-state index in [0.29, 0.717) is 24.2 Å². The molecule has 2 N–H and O–H groups in total. The molecule has 5 nitrogen and oxygen atoms in total. The van der Waals surface area contributed by atoms with Gasteiger partial charge in [0.05, 0.1) is 12.2 Å². The zero-order chi connectivity index (χ0) is 17.1. The van der Waals surface area contributed by atoms with Crippen LogP contribution in [-0.2, 0) is 6.54 Å². The summed E-state index contributed by atoms with van der Waals surface area (Å²) in [6, 6.07) is 5.73. The highest BCUT2D eigenvalue weighted by atomic mass is 127. The van der Waals surface area contributed by atoms with E-state index in [-0.39, 0.29) is 29.8 Å².